The van der Waals surface area contributed by atoms with E-state index in [1.165, 1.54) is 18.3 Å². The highest BCUT2D eigenvalue weighted by Crippen LogP contribution is 2.61. The molecule has 3 aromatic rings. The molecule has 3 heterocycles. The SMILES string of the molecule is CC(=N)C(=C(C)N)c1ccc(NC(=O)[C@@H](NC(=O)c2nonc2C)C2c3ccc(F)cc3OCC23CC3)cn1. The van der Waals surface area contributed by atoms with Crippen molar-refractivity contribution >= 4 is 28.8 Å². The van der Waals surface area contributed by atoms with E-state index in [4.69, 9.17) is 15.9 Å². The smallest absolute Gasteiger partial charge is 0.276 e. The number of aryl methyl sites for hydroxylation is 1. The van der Waals surface area contributed by atoms with Gasteiger partial charge in [0.1, 0.15) is 23.3 Å². The Bertz CT molecular complexity index is 1490. The van der Waals surface area contributed by atoms with Crippen molar-refractivity contribution in [3.05, 3.63) is 70.7 Å². The van der Waals surface area contributed by atoms with Crippen LogP contribution in [-0.4, -0.2) is 45.5 Å². The van der Waals surface area contributed by atoms with Gasteiger partial charge in [0.25, 0.3) is 5.91 Å². The first-order valence-corrected chi connectivity index (χ1v) is 12.4. The maximum Gasteiger partial charge on any atom is 0.276 e. The van der Waals surface area contributed by atoms with Crippen LogP contribution >= 0.6 is 0 Å². The largest absolute Gasteiger partial charge is 0.493 e. The summed E-state index contributed by atoms with van der Waals surface area (Å²) in [5.41, 5.74) is 8.54. The van der Waals surface area contributed by atoms with Crippen LogP contribution < -0.4 is 21.1 Å². The lowest BCUT2D eigenvalue weighted by atomic mass is 9.76. The molecule has 0 bridgehead atoms. The van der Waals surface area contributed by atoms with Crippen molar-refractivity contribution < 1.29 is 23.3 Å². The summed E-state index contributed by atoms with van der Waals surface area (Å²) >= 11 is 0. The molecule has 2 amide bonds. The van der Waals surface area contributed by atoms with E-state index in [-0.39, 0.29) is 22.5 Å². The summed E-state index contributed by atoms with van der Waals surface area (Å²) in [4.78, 5) is 31.4. The molecule has 0 saturated heterocycles. The van der Waals surface area contributed by atoms with Gasteiger partial charge in [0, 0.05) is 39.9 Å². The molecule has 39 heavy (non-hydrogen) atoms. The standard InChI is InChI=1S/C27H28FN7O4/c1-13(29)21(14(2)30)19-7-5-17(11-31-19)32-26(37)24(33-25(36)23-15(3)34-39-35-23)22-18-6-4-16(28)10-20(18)38-12-27(22)8-9-27/h4-7,10-11,22,24,29H,8-9,12,30H2,1-3H3,(H,32,37)(H,33,36)/t22?,24-/m0/s1. The fraction of sp³-hybridized carbons (Fsp3) is 0.333. The number of nitrogens with one attached hydrogen (secondary N) is 3. The van der Waals surface area contributed by atoms with E-state index in [0.717, 1.165) is 12.8 Å². The fourth-order valence-electron chi connectivity index (χ4n) is 5.15. The Morgan fingerprint density at radius 3 is 2.56 bits per heavy atom. The molecular formula is C27H28FN7O4. The second-order valence-corrected chi connectivity index (χ2v) is 10.1. The van der Waals surface area contributed by atoms with E-state index in [0.29, 0.717) is 40.6 Å². The number of nitrogens with zero attached hydrogens (tertiary/aromatic N) is 3. The lowest BCUT2D eigenvalue weighted by molar-refractivity contribution is -0.119. The van der Waals surface area contributed by atoms with E-state index in [1.807, 2.05) is 0 Å². The zero-order valence-electron chi connectivity index (χ0n) is 21.7. The summed E-state index contributed by atoms with van der Waals surface area (Å²) < 4.78 is 24.6. The normalized spacial score (nSPS) is 18.3. The van der Waals surface area contributed by atoms with Crippen LogP contribution in [-0.2, 0) is 4.79 Å². The van der Waals surface area contributed by atoms with Crippen LogP contribution in [0.25, 0.3) is 5.57 Å². The van der Waals surface area contributed by atoms with Gasteiger partial charge >= 0.3 is 0 Å². The van der Waals surface area contributed by atoms with Crippen molar-refractivity contribution in [1.29, 1.82) is 5.41 Å². The highest BCUT2D eigenvalue weighted by molar-refractivity contribution is 6.21. The van der Waals surface area contributed by atoms with Gasteiger partial charge in [-0.1, -0.05) is 11.2 Å². The van der Waals surface area contributed by atoms with E-state index < -0.39 is 29.6 Å². The zero-order chi connectivity index (χ0) is 27.9. The number of ether oxygens (including phenoxy) is 1. The molecule has 1 unspecified atom stereocenters. The first-order chi connectivity index (χ1) is 18.6. The van der Waals surface area contributed by atoms with E-state index in [9.17, 15) is 14.0 Å². The van der Waals surface area contributed by atoms with Gasteiger partial charge in [-0.05, 0) is 57.0 Å². The summed E-state index contributed by atoms with van der Waals surface area (Å²) in [6, 6.07) is 6.46. The molecule has 1 aliphatic heterocycles. The van der Waals surface area contributed by atoms with Gasteiger partial charge in [-0.3, -0.25) is 14.6 Å². The predicted molar refractivity (Wildman–Crippen MR) is 140 cm³/mol. The van der Waals surface area contributed by atoms with Gasteiger partial charge in [-0.2, -0.15) is 0 Å². The third kappa shape index (κ3) is 4.97. The molecule has 1 spiro atoms. The average Bonchev–Trinajstić information content (AvgIpc) is 3.52. The number of anilines is 1. The Labute approximate surface area is 223 Å². The van der Waals surface area contributed by atoms with Gasteiger partial charge in [0.2, 0.25) is 5.91 Å². The van der Waals surface area contributed by atoms with Crippen LogP contribution in [0.5, 0.6) is 5.75 Å². The van der Waals surface area contributed by atoms with Crippen LogP contribution in [0.3, 0.4) is 0 Å². The van der Waals surface area contributed by atoms with E-state index in [1.54, 1.807) is 39.0 Å². The van der Waals surface area contributed by atoms with Gasteiger partial charge in [-0.15, -0.1) is 0 Å². The summed E-state index contributed by atoms with van der Waals surface area (Å²) in [5.74, 6) is -1.72. The Kier molecular flexibility index (Phi) is 6.62. The number of hydrogen-bond donors (Lipinski definition) is 4. The second kappa shape index (κ2) is 9.93. The highest BCUT2D eigenvalue weighted by atomic mass is 19.1. The lowest BCUT2D eigenvalue weighted by Crippen LogP contribution is -2.52. The summed E-state index contributed by atoms with van der Waals surface area (Å²) in [7, 11) is 0. The number of aromatic nitrogens is 3. The molecule has 12 heteroatoms. The van der Waals surface area contributed by atoms with Crippen LogP contribution in [0.2, 0.25) is 0 Å². The molecule has 1 aliphatic carbocycles. The fourth-order valence-corrected chi connectivity index (χ4v) is 5.15. The van der Waals surface area contributed by atoms with Crippen molar-refractivity contribution in [2.45, 2.75) is 45.6 Å². The molecular weight excluding hydrogens is 505 g/mol. The number of pyridine rings is 1. The predicted octanol–water partition coefficient (Wildman–Crippen LogP) is 3.33. The molecule has 2 aliphatic rings. The molecule has 5 rings (SSSR count). The van der Waals surface area contributed by atoms with Gasteiger partial charge in [0.05, 0.1) is 24.2 Å². The molecule has 5 N–H and O–H groups in total. The Hall–Kier alpha value is -4.61. The topological polar surface area (TPSA) is 169 Å². The maximum absolute atomic E-state index is 14.0. The van der Waals surface area contributed by atoms with Crippen molar-refractivity contribution in [3.63, 3.8) is 0 Å². The van der Waals surface area contributed by atoms with Gasteiger partial charge in [0.15, 0.2) is 5.69 Å². The van der Waals surface area contributed by atoms with Crippen LogP contribution in [0, 0.1) is 23.6 Å². The van der Waals surface area contributed by atoms with Crippen molar-refractivity contribution in [2.24, 2.45) is 11.1 Å². The third-order valence-electron chi connectivity index (χ3n) is 7.20. The Balaban J connectivity index is 1.49. The number of amides is 2. The van der Waals surface area contributed by atoms with Crippen LogP contribution in [0.15, 0.2) is 46.9 Å². The summed E-state index contributed by atoms with van der Waals surface area (Å²) in [6.45, 7) is 5.18. The number of benzene rings is 1. The minimum Gasteiger partial charge on any atom is -0.493 e. The van der Waals surface area contributed by atoms with Crippen LogP contribution in [0.4, 0.5) is 10.1 Å². The summed E-state index contributed by atoms with van der Waals surface area (Å²) in [5, 5.41) is 21.0. The first kappa shape index (κ1) is 26.0. The number of allylic oxidation sites excluding steroid dienone is 2. The van der Waals surface area contributed by atoms with Gasteiger partial charge in [-0.25, -0.2) is 9.02 Å². The van der Waals surface area contributed by atoms with E-state index in [2.05, 4.69) is 30.6 Å². The van der Waals surface area contributed by atoms with Crippen LogP contribution in [0.1, 0.15) is 60.0 Å². The zero-order valence-corrected chi connectivity index (χ0v) is 21.7. The molecule has 2 aromatic heterocycles. The molecule has 2 atom stereocenters. The number of fused-ring (bicyclic) bond motifs is 1. The Morgan fingerprint density at radius 2 is 1.97 bits per heavy atom. The lowest BCUT2D eigenvalue weighted by Gasteiger charge is -2.38. The monoisotopic (exact) mass is 533 g/mol. The Morgan fingerprint density at radius 1 is 1.21 bits per heavy atom. The van der Waals surface area contributed by atoms with E-state index >= 15 is 0 Å². The molecule has 1 fully saturated rings. The quantitative estimate of drug-likeness (QED) is 0.335. The van der Waals surface area contributed by atoms with Crippen molar-refractivity contribution in [3.8, 4) is 5.75 Å². The number of halogens is 1. The van der Waals surface area contributed by atoms with Gasteiger partial charge < -0.3 is 26.5 Å². The number of carbonyl (C=O) groups excluding carboxylic acids is 2. The molecule has 11 nitrogen and oxygen atoms in total. The minimum atomic E-state index is -1.06. The number of hydrogen-bond acceptors (Lipinski definition) is 9. The number of carbonyl (C=O) groups is 2. The molecule has 1 saturated carbocycles. The second-order valence-electron chi connectivity index (χ2n) is 10.1. The number of rotatable bonds is 7. The average molecular weight is 534 g/mol. The van der Waals surface area contributed by atoms with Crippen molar-refractivity contribution in [1.82, 2.24) is 20.6 Å². The first-order valence-electron chi connectivity index (χ1n) is 12.4. The minimum absolute atomic E-state index is 0.0338. The number of nitrogens with two attached hydrogens (primary N) is 1. The maximum atomic E-state index is 14.0. The summed E-state index contributed by atoms with van der Waals surface area (Å²) in [6.07, 6.45) is 3.03. The molecule has 1 aromatic carbocycles. The molecule has 0 radical (unpaired) electrons. The molecule has 202 valence electrons. The highest BCUT2D eigenvalue weighted by Gasteiger charge is 2.58. The van der Waals surface area contributed by atoms with Crippen molar-refractivity contribution in [2.75, 3.05) is 11.9 Å². The third-order valence-corrected chi connectivity index (χ3v) is 7.20.